The van der Waals surface area contributed by atoms with Gasteiger partial charge in [0.15, 0.2) is 11.5 Å². The molecular formula is C15H22N2O2. The van der Waals surface area contributed by atoms with E-state index in [9.17, 15) is 5.26 Å². The summed E-state index contributed by atoms with van der Waals surface area (Å²) in [5, 5.41) is 9.22. The molecule has 0 amide bonds. The Hall–Kier alpha value is -1.73. The van der Waals surface area contributed by atoms with Gasteiger partial charge < -0.3 is 9.47 Å². The van der Waals surface area contributed by atoms with Crippen LogP contribution in [0.25, 0.3) is 0 Å². The molecule has 0 aromatic heterocycles. The van der Waals surface area contributed by atoms with Gasteiger partial charge in [0.25, 0.3) is 0 Å². The van der Waals surface area contributed by atoms with E-state index in [1.165, 1.54) is 0 Å². The Labute approximate surface area is 115 Å². The maximum atomic E-state index is 9.22. The topological polar surface area (TPSA) is 45.5 Å². The van der Waals surface area contributed by atoms with E-state index in [2.05, 4.69) is 13.0 Å². The molecule has 0 aliphatic heterocycles. The summed E-state index contributed by atoms with van der Waals surface area (Å²) >= 11 is 0. The van der Waals surface area contributed by atoms with E-state index in [0.717, 1.165) is 17.7 Å². The zero-order valence-corrected chi connectivity index (χ0v) is 12.1. The van der Waals surface area contributed by atoms with Crippen molar-refractivity contribution in [1.82, 2.24) is 4.90 Å². The minimum Gasteiger partial charge on any atom is -0.490 e. The van der Waals surface area contributed by atoms with Crippen LogP contribution in [0, 0.1) is 11.3 Å². The van der Waals surface area contributed by atoms with E-state index in [4.69, 9.17) is 9.47 Å². The zero-order valence-electron chi connectivity index (χ0n) is 12.1. The van der Waals surface area contributed by atoms with Crippen LogP contribution < -0.4 is 9.47 Å². The van der Waals surface area contributed by atoms with Crippen molar-refractivity contribution in [2.45, 2.75) is 26.3 Å². The SMILES string of the molecule is CCCOc1ccc(C(C#N)N(C)C)cc1OCC. The predicted octanol–water partition coefficient (Wildman–Crippen LogP) is 3.00. The average Bonchev–Trinajstić information content (AvgIpc) is 2.38. The number of hydrogen-bond donors (Lipinski definition) is 0. The van der Waals surface area contributed by atoms with Crippen LogP contribution in [-0.4, -0.2) is 32.2 Å². The third-order valence-electron chi connectivity index (χ3n) is 2.68. The van der Waals surface area contributed by atoms with Crippen molar-refractivity contribution in [2.24, 2.45) is 0 Å². The lowest BCUT2D eigenvalue weighted by atomic mass is 10.1. The molecule has 4 nitrogen and oxygen atoms in total. The van der Waals surface area contributed by atoms with Gasteiger partial charge in [-0.3, -0.25) is 4.90 Å². The van der Waals surface area contributed by atoms with Gasteiger partial charge in [-0.2, -0.15) is 5.26 Å². The van der Waals surface area contributed by atoms with Crippen LogP contribution in [0.3, 0.4) is 0 Å². The molecule has 0 saturated heterocycles. The first kappa shape index (κ1) is 15.3. The molecular weight excluding hydrogens is 240 g/mol. The van der Waals surface area contributed by atoms with Gasteiger partial charge in [-0.1, -0.05) is 13.0 Å². The lowest BCUT2D eigenvalue weighted by Gasteiger charge is -2.19. The third-order valence-corrected chi connectivity index (χ3v) is 2.68. The van der Waals surface area contributed by atoms with Gasteiger partial charge in [0.1, 0.15) is 6.04 Å². The maximum Gasteiger partial charge on any atom is 0.161 e. The smallest absolute Gasteiger partial charge is 0.161 e. The Morgan fingerprint density at radius 3 is 2.47 bits per heavy atom. The van der Waals surface area contributed by atoms with Crippen LogP contribution in [0.4, 0.5) is 0 Å². The molecule has 0 radical (unpaired) electrons. The van der Waals surface area contributed by atoms with Gasteiger partial charge in [0.05, 0.1) is 19.3 Å². The summed E-state index contributed by atoms with van der Waals surface area (Å²) in [5.74, 6) is 1.44. The Balaban J connectivity index is 3.04. The normalized spacial score (nSPS) is 12.0. The maximum absolute atomic E-state index is 9.22. The second kappa shape index (κ2) is 7.65. The van der Waals surface area contributed by atoms with E-state index in [1.807, 2.05) is 44.1 Å². The lowest BCUT2D eigenvalue weighted by molar-refractivity contribution is 0.275. The molecule has 0 saturated carbocycles. The van der Waals surface area contributed by atoms with Crippen LogP contribution in [0.1, 0.15) is 31.9 Å². The van der Waals surface area contributed by atoms with Crippen molar-refractivity contribution in [1.29, 1.82) is 5.26 Å². The van der Waals surface area contributed by atoms with Gasteiger partial charge >= 0.3 is 0 Å². The number of nitrogens with zero attached hydrogens (tertiary/aromatic N) is 2. The number of benzene rings is 1. The van der Waals surface area contributed by atoms with Crippen LogP contribution in [-0.2, 0) is 0 Å². The number of nitriles is 1. The van der Waals surface area contributed by atoms with Crippen LogP contribution in [0.2, 0.25) is 0 Å². The summed E-state index contributed by atoms with van der Waals surface area (Å²) < 4.78 is 11.2. The summed E-state index contributed by atoms with van der Waals surface area (Å²) in [6, 6.07) is 7.69. The first-order chi connectivity index (χ1) is 9.13. The van der Waals surface area contributed by atoms with Crippen LogP contribution >= 0.6 is 0 Å². The number of ether oxygens (including phenoxy) is 2. The lowest BCUT2D eigenvalue weighted by Crippen LogP contribution is -2.18. The second-order valence-corrected chi connectivity index (χ2v) is 4.48. The van der Waals surface area contributed by atoms with Gasteiger partial charge in [0, 0.05) is 0 Å². The van der Waals surface area contributed by atoms with E-state index < -0.39 is 0 Å². The fourth-order valence-electron chi connectivity index (χ4n) is 1.78. The monoisotopic (exact) mass is 262 g/mol. The van der Waals surface area contributed by atoms with E-state index >= 15 is 0 Å². The molecule has 0 heterocycles. The molecule has 0 fully saturated rings. The van der Waals surface area contributed by atoms with Gasteiger partial charge in [0.2, 0.25) is 0 Å². The summed E-state index contributed by atoms with van der Waals surface area (Å²) in [7, 11) is 3.77. The van der Waals surface area contributed by atoms with Crippen molar-refractivity contribution in [3.63, 3.8) is 0 Å². The molecule has 1 rings (SSSR count). The Kier molecular flexibility index (Phi) is 6.17. The first-order valence-electron chi connectivity index (χ1n) is 6.59. The minimum atomic E-state index is -0.278. The van der Waals surface area contributed by atoms with Crippen molar-refractivity contribution in [3.05, 3.63) is 23.8 Å². The van der Waals surface area contributed by atoms with Gasteiger partial charge in [-0.05, 0) is 45.1 Å². The minimum absolute atomic E-state index is 0.278. The zero-order chi connectivity index (χ0) is 14.3. The third kappa shape index (κ3) is 4.15. The molecule has 1 aromatic rings. The molecule has 0 aliphatic carbocycles. The second-order valence-electron chi connectivity index (χ2n) is 4.48. The van der Waals surface area contributed by atoms with Crippen LogP contribution in [0.5, 0.6) is 11.5 Å². The molecule has 1 unspecified atom stereocenters. The fraction of sp³-hybridized carbons (Fsp3) is 0.533. The highest BCUT2D eigenvalue weighted by Gasteiger charge is 2.16. The van der Waals surface area contributed by atoms with Crippen LogP contribution in [0.15, 0.2) is 18.2 Å². The summed E-state index contributed by atoms with van der Waals surface area (Å²) in [5.41, 5.74) is 0.916. The molecule has 0 aliphatic rings. The number of hydrogen-bond acceptors (Lipinski definition) is 4. The molecule has 1 aromatic carbocycles. The highest BCUT2D eigenvalue weighted by molar-refractivity contribution is 5.45. The first-order valence-corrected chi connectivity index (χ1v) is 6.59. The summed E-state index contributed by atoms with van der Waals surface area (Å²) in [6.45, 7) is 5.23. The van der Waals surface area contributed by atoms with Gasteiger partial charge in [-0.25, -0.2) is 0 Å². The van der Waals surface area contributed by atoms with Gasteiger partial charge in [-0.15, -0.1) is 0 Å². The molecule has 4 heteroatoms. The highest BCUT2D eigenvalue weighted by atomic mass is 16.5. The molecule has 1 atom stereocenters. The van der Waals surface area contributed by atoms with E-state index in [1.54, 1.807) is 0 Å². The highest BCUT2D eigenvalue weighted by Crippen LogP contribution is 2.31. The molecule has 0 bridgehead atoms. The van der Waals surface area contributed by atoms with Crippen molar-refractivity contribution in [2.75, 3.05) is 27.3 Å². The summed E-state index contributed by atoms with van der Waals surface area (Å²) in [6.07, 6.45) is 0.950. The Morgan fingerprint density at radius 1 is 1.21 bits per heavy atom. The predicted molar refractivity (Wildman–Crippen MR) is 75.4 cm³/mol. The molecule has 0 spiro atoms. The summed E-state index contributed by atoms with van der Waals surface area (Å²) in [4.78, 5) is 1.87. The van der Waals surface area contributed by atoms with Crippen molar-refractivity contribution < 1.29 is 9.47 Å². The number of rotatable bonds is 7. The van der Waals surface area contributed by atoms with E-state index in [0.29, 0.717) is 19.0 Å². The largest absolute Gasteiger partial charge is 0.490 e. The standard InChI is InChI=1S/C15H22N2O2/c1-5-9-19-14-8-7-12(10-15(14)18-6-2)13(11-16)17(3)4/h7-8,10,13H,5-6,9H2,1-4H3. The van der Waals surface area contributed by atoms with Crippen molar-refractivity contribution in [3.8, 4) is 17.6 Å². The molecule has 19 heavy (non-hydrogen) atoms. The average molecular weight is 262 g/mol. The Bertz CT molecular complexity index is 438. The molecule has 0 N–H and O–H groups in total. The Morgan fingerprint density at radius 2 is 1.95 bits per heavy atom. The van der Waals surface area contributed by atoms with E-state index in [-0.39, 0.29) is 6.04 Å². The quantitative estimate of drug-likeness (QED) is 0.757. The van der Waals surface area contributed by atoms with Crippen molar-refractivity contribution >= 4 is 0 Å². The molecule has 104 valence electrons. The fourth-order valence-corrected chi connectivity index (χ4v) is 1.78.